The quantitative estimate of drug-likeness (QED) is 0.730. The Hall–Kier alpha value is -2.34. The number of carbonyl (C=O) groups is 2. The number of hydrogen-bond donors (Lipinski definition) is 3. The van der Waals surface area contributed by atoms with E-state index < -0.39 is 18.1 Å². The lowest BCUT2D eigenvalue weighted by Crippen LogP contribution is -2.43. The molecular formula is C14H15N3O3. The number of fused-ring (bicyclic) bond motifs is 1. The van der Waals surface area contributed by atoms with Crippen LogP contribution < -0.4 is 5.73 Å². The average Bonchev–Trinajstić information content (AvgIpc) is 3.01. The molecule has 104 valence electrons. The third-order valence-electron chi connectivity index (χ3n) is 3.69. The van der Waals surface area contributed by atoms with Crippen molar-refractivity contribution in [1.29, 1.82) is 0 Å². The van der Waals surface area contributed by atoms with Crippen molar-refractivity contribution in [2.24, 2.45) is 5.73 Å². The second-order valence-corrected chi connectivity index (χ2v) is 5.01. The first-order chi connectivity index (χ1) is 9.58. The standard InChI is InChI=1S/C14H15N3O3/c15-13(19)12-5-8(18)7-17(12)14(20)10-6-16-11-4-2-1-3-9(10)11/h1-4,6,8,12,16,18H,5,7H2,(H2,15,19)/t8-,12-/m1/s1. The molecule has 1 aliphatic rings. The van der Waals surface area contributed by atoms with Crippen LogP contribution in [0.15, 0.2) is 30.5 Å². The van der Waals surface area contributed by atoms with Gasteiger partial charge < -0.3 is 20.7 Å². The number of nitrogens with one attached hydrogen (secondary N) is 1. The van der Waals surface area contributed by atoms with Crippen molar-refractivity contribution in [3.63, 3.8) is 0 Å². The maximum absolute atomic E-state index is 12.6. The molecule has 1 fully saturated rings. The summed E-state index contributed by atoms with van der Waals surface area (Å²) in [4.78, 5) is 28.3. The van der Waals surface area contributed by atoms with Gasteiger partial charge in [0.1, 0.15) is 6.04 Å². The average molecular weight is 273 g/mol. The minimum atomic E-state index is -0.744. The molecular weight excluding hydrogens is 258 g/mol. The maximum atomic E-state index is 12.6. The fraction of sp³-hybridized carbons (Fsp3) is 0.286. The second-order valence-electron chi connectivity index (χ2n) is 5.01. The van der Waals surface area contributed by atoms with E-state index in [-0.39, 0.29) is 18.9 Å². The molecule has 3 rings (SSSR count). The van der Waals surface area contributed by atoms with Gasteiger partial charge in [-0.2, -0.15) is 0 Å². The first-order valence-corrected chi connectivity index (χ1v) is 6.42. The van der Waals surface area contributed by atoms with Crippen molar-refractivity contribution in [2.75, 3.05) is 6.54 Å². The van der Waals surface area contributed by atoms with E-state index >= 15 is 0 Å². The number of nitrogens with two attached hydrogens (primary N) is 1. The summed E-state index contributed by atoms with van der Waals surface area (Å²) >= 11 is 0. The molecule has 0 unspecified atom stereocenters. The van der Waals surface area contributed by atoms with Gasteiger partial charge in [-0.05, 0) is 6.07 Å². The van der Waals surface area contributed by atoms with Crippen LogP contribution in [0.2, 0.25) is 0 Å². The molecule has 1 saturated heterocycles. The summed E-state index contributed by atoms with van der Waals surface area (Å²) in [5.41, 5.74) is 6.64. The Morgan fingerprint density at radius 1 is 1.35 bits per heavy atom. The zero-order valence-electron chi connectivity index (χ0n) is 10.7. The van der Waals surface area contributed by atoms with Crippen molar-refractivity contribution in [1.82, 2.24) is 9.88 Å². The smallest absolute Gasteiger partial charge is 0.256 e. The van der Waals surface area contributed by atoms with E-state index in [4.69, 9.17) is 5.73 Å². The number of aromatic nitrogens is 1. The number of aliphatic hydroxyl groups is 1. The number of para-hydroxylation sites is 1. The zero-order chi connectivity index (χ0) is 14.3. The maximum Gasteiger partial charge on any atom is 0.256 e. The number of hydrogen-bond acceptors (Lipinski definition) is 3. The number of aliphatic hydroxyl groups excluding tert-OH is 1. The summed E-state index contributed by atoms with van der Waals surface area (Å²) < 4.78 is 0. The number of amides is 2. The van der Waals surface area contributed by atoms with Crippen LogP contribution in [0.4, 0.5) is 0 Å². The SMILES string of the molecule is NC(=O)[C@H]1C[C@@H](O)CN1C(=O)c1c[nH]c2ccccc12. The minimum absolute atomic E-state index is 0.131. The second kappa shape index (κ2) is 4.64. The Morgan fingerprint density at radius 2 is 2.10 bits per heavy atom. The van der Waals surface area contributed by atoms with Gasteiger partial charge in [-0.1, -0.05) is 18.2 Å². The molecule has 1 aliphatic heterocycles. The van der Waals surface area contributed by atoms with E-state index in [1.807, 2.05) is 24.3 Å². The molecule has 0 radical (unpaired) electrons. The molecule has 2 aromatic rings. The lowest BCUT2D eigenvalue weighted by molar-refractivity contribution is -0.121. The van der Waals surface area contributed by atoms with Crippen molar-refractivity contribution in [3.05, 3.63) is 36.0 Å². The van der Waals surface area contributed by atoms with E-state index in [2.05, 4.69) is 4.98 Å². The Bertz CT molecular complexity index is 679. The van der Waals surface area contributed by atoms with Crippen molar-refractivity contribution >= 4 is 22.7 Å². The van der Waals surface area contributed by atoms with E-state index in [1.54, 1.807) is 6.20 Å². The number of β-amino-alcohol motifs (C(OH)–C–C–N with tert-alkyl or cyclic N) is 1. The van der Waals surface area contributed by atoms with E-state index in [0.717, 1.165) is 10.9 Å². The highest BCUT2D eigenvalue weighted by atomic mass is 16.3. The molecule has 4 N–H and O–H groups in total. The number of H-pyrrole nitrogens is 1. The molecule has 2 heterocycles. The Labute approximate surface area is 115 Å². The van der Waals surface area contributed by atoms with Gasteiger partial charge in [-0.3, -0.25) is 9.59 Å². The normalized spacial score (nSPS) is 22.4. The van der Waals surface area contributed by atoms with Gasteiger partial charge in [0.25, 0.3) is 5.91 Å². The van der Waals surface area contributed by atoms with E-state index in [0.29, 0.717) is 5.56 Å². The third kappa shape index (κ3) is 1.94. The highest BCUT2D eigenvalue weighted by Gasteiger charge is 2.38. The third-order valence-corrected chi connectivity index (χ3v) is 3.69. The summed E-state index contributed by atoms with van der Waals surface area (Å²) in [7, 11) is 0. The predicted molar refractivity (Wildman–Crippen MR) is 72.9 cm³/mol. The fourth-order valence-electron chi connectivity index (χ4n) is 2.71. The molecule has 20 heavy (non-hydrogen) atoms. The topological polar surface area (TPSA) is 99.4 Å². The van der Waals surface area contributed by atoms with Crippen LogP contribution in [0.5, 0.6) is 0 Å². The number of rotatable bonds is 2. The van der Waals surface area contributed by atoms with Crippen LogP contribution in [0.3, 0.4) is 0 Å². The van der Waals surface area contributed by atoms with Crippen molar-refractivity contribution < 1.29 is 14.7 Å². The largest absolute Gasteiger partial charge is 0.391 e. The number of benzene rings is 1. The van der Waals surface area contributed by atoms with Gasteiger partial charge in [-0.25, -0.2) is 0 Å². The predicted octanol–water partition coefficient (Wildman–Crippen LogP) is 0.229. The van der Waals surface area contributed by atoms with Crippen LogP contribution in [-0.4, -0.2) is 45.5 Å². The number of likely N-dealkylation sites (tertiary alicyclic amines) is 1. The lowest BCUT2D eigenvalue weighted by atomic mass is 10.1. The van der Waals surface area contributed by atoms with Crippen LogP contribution >= 0.6 is 0 Å². The van der Waals surface area contributed by atoms with Gasteiger partial charge in [-0.15, -0.1) is 0 Å². The van der Waals surface area contributed by atoms with Gasteiger partial charge in [0.15, 0.2) is 0 Å². The van der Waals surface area contributed by atoms with E-state index in [9.17, 15) is 14.7 Å². The molecule has 6 nitrogen and oxygen atoms in total. The summed E-state index contributed by atoms with van der Waals surface area (Å²) in [5, 5.41) is 10.5. The first kappa shape index (κ1) is 12.7. The number of carbonyl (C=O) groups excluding carboxylic acids is 2. The lowest BCUT2D eigenvalue weighted by Gasteiger charge is -2.21. The van der Waals surface area contributed by atoms with E-state index in [1.165, 1.54) is 4.90 Å². The molecule has 1 aromatic carbocycles. The van der Waals surface area contributed by atoms with Crippen LogP contribution in [0.25, 0.3) is 10.9 Å². The Balaban J connectivity index is 1.98. The van der Waals surface area contributed by atoms with Gasteiger partial charge >= 0.3 is 0 Å². The molecule has 2 amide bonds. The van der Waals surface area contributed by atoms with Gasteiger partial charge in [0.2, 0.25) is 5.91 Å². The zero-order valence-corrected chi connectivity index (χ0v) is 10.7. The summed E-state index contributed by atoms with van der Waals surface area (Å²) in [5.74, 6) is -0.877. The summed E-state index contributed by atoms with van der Waals surface area (Å²) in [6.07, 6.45) is 1.11. The number of nitrogens with zero attached hydrogens (tertiary/aromatic N) is 1. The van der Waals surface area contributed by atoms with Crippen LogP contribution in [0.1, 0.15) is 16.8 Å². The Kier molecular flexibility index (Phi) is 2.94. The van der Waals surface area contributed by atoms with Crippen molar-refractivity contribution in [2.45, 2.75) is 18.6 Å². The van der Waals surface area contributed by atoms with Crippen LogP contribution in [-0.2, 0) is 4.79 Å². The summed E-state index contributed by atoms with van der Waals surface area (Å²) in [6.45, 7) is 0.131. The van der Waals surface area contributed by atoms with Crippen molar-refractivity contribution in [3.8, 4) is 0 Å². The highest BCUT2D eigenvalue weighted by molar-refractivity contribution is 6.08. The summed E-state index contributed by atoms with van der Waals surface area (Å²) in [6, 6.07) is 6.68. The molecule has 0 bridgehead atoms. The Morgan fingerprint density at radius 3 is 2.85 bits per heavy atom. The van der Waals surface area contributed by atoms with Gasteiger partial charge in [0.05, 0.1) is 11.7 Å². The molecule has 0 spiro atoms. The first-order valence-electron chi connectivity index (χ1n) is 6.42. The molecule has 6 heteroatoms. The van der Waals surface area contributed by atoms with Crippen LogP contribution in [0, 0.1) is 0 Å². The highest BCUT2D eigenvalue weighted by Crippen LogP contribution is 2.24. The van der Waals surface area contributed by atoms with Gasteiger partial charge in [0, 0.05) is 30.1 Å². The number of primary amides is 1. The molecule has 1 aromatic heterocycles. The molecule has 0 saturated carbocycles. The molecule has 2 atom stereocenters. The fourth-order valence-corrected chi connectivity index (χ4v) is 2.71. The number of aromatic amines is 1. The molecule has 0 aliphatic carbocycles. The minimum Gasteiger partial charge on any atom is -0.391 e. The monoisotopic (exact) mass is 273 g/mol.